The second-order valence-corrected chi connectivity index (χ2v) is 8.27. The van der Waals surface area contributed by atoms with Crippen LogP contribution in [0.25, 0.3) is 0 Å². The third-order valence-electron chi connectivity index (χ3n) is 5.70. The van der Waals surface area contributed by atoms with E-state index in [-0.39, 0.29) is 22.5 Å². The molecule has 3 aromatic rings. The number of ether oxygens (including phenoxy) is 1. The van der Waals surface area contributed by atoms with E-state index in [1.807, 2.05) is 45.0 Å². The van der Waals surface area contributed by atoms with Crippen molar-refractivity contribution in [2.24, 2.45) is 0 Å². The van der Waals surface area contributed by atoms with Gasteiger partial charge in [0.15, 0.2) is 6.10 Å². The van der Waals surface area contributed by atoms with Crippen LogP contribution < -0.4 is 4.90 Å². The molecule has 1 aliphatic rings. The Morgan fingerprint density at radius 3 is 2.03 bits per heavy atom. The van der Waals surface area contributed by atoms with Crippen LogP contribution in [0.1, 0.15) is 65.0 Å². The molecule has 2 amide bonds. The molecule has 6 nitrogen and oxygen atoms in total. The first-order valence-electron chi connectivity index (χ1n) is 10.6. The third-order valence-corrected chi connectivity index (χ3v) is 5.70. The standard InChI is InChI=1S/C27H23NO5/c1-15-5-8-19(9-6-15)24(29)18(4)33-27(32)20-10-11-21-22(14-20)26(31)28(25(21)30)23-12-7-16(2)13-17(23)3/h5-14,18H,1-4H3. The zero-order valence-corrected chi connectivity index (χ0v) is 18.8. The minimum atomic E-state index is -1.00. The fourth-order valence-electron chi connectivity index (χ4n) is 3.88. The quantitative estimate of drug-likeness (QED) is 0.322. The van der Waals surface area contributed by atoms with Crippen molar-refractivity contribution in [2.75, 3.05) is 4.90 Å². The molecule has 0 aromatic heterocycles. The highest BCUT2D eigenvalue weighted by Crippen LogP contribution is 2.31. The summed E-state index contributed by atoms with van der Waals surface area (Å²) in [6, 6.07) is 16.7. The van der Waals surface area contributed by atoms with E-state index < -0.39 is 23.9 Å². The molecule has 0 radical (unpaired) electrons. The van der Waals surface area contributed by atoms with Crippen LogP contribution in [0.4, 0.5) is 5.69 Å². The molecule has 166 valence electrons. The van der Waals surface area contributed by atoms with E-state index in [9.17, 15) is 19.2 Å². The van der Waals surface area contributed by atoms with Gasteiger partial charge in [0.1, 0.15) is 0 Å². The molecule has 0 N–H and O–H groups in total. The predicted molar refractivity (Wildman–Crippen MR) is 124 cm³/mol. The lowest BCUT2D eigenvalue weighted by Crippen LogP contribution is -2.30. The minimum Gasteiger partial charge on any atom is -0.451 e. The minimum absolute atomic E-state index is 0.0981. The summed E-state index contributed by atoms with van der Waals surface area (Å²) in [5.74, 6) is -2.00. The molecule has 1 unspecified atom stereocenters. The number of hydrogen-bond donors (Lipinski definition) is 0. The molecule has 0 saturated heterocycles. The van der Waals surface area contributed by atoms with Gasteiger partial charge in [0.25, 0.3) is 11.8 Å². The highest BCUT2D eigenvalue weighted by atomic mass is 16.5. The highest BCUT2D eigenvalue weighted by molar-refractivity contribution is 6.35. The molecule has 3 aromatic carbocycles. The number of anilines is 1. The average molecular weight is 441 g/mol. The molecule has 0 spiro atoms. The third kappa shape index (κ3) is 4.07. The maximum atomic E-state index is 13.1. The number of nitrogens with zero attached hydrogens (tertiary/aromatic N) is 1. The molecular formula is C27H23NO5. The van der Waals surface area contributed by atoms with Gasteiger partial charge in [-0.2, -0.15) is 0 Å². The fourth-order valence-corrected chi connectivity index (χ4v) is 3.88. The Bertz CT molecular complexity index is 1310. The van der Waals surface area contributed by atoms with Gasteiger partial charge in [-0.05, 0) is 57.5 Å². The van der Waals surface area contributed by atoms with Crippen molar-refractivity contribution in [2.45, 2.75) is 33.8 Å². The van der Waals surface area contributed by atoms with Gasteiger partial charge < -0.3 is 4.74 Å². The normalized spacial score (nSPS) is 13.6. The Hall–Kier alpha value is -4.06. The van der Waals surface area contributed by atoms with Gasteiger partial charge >= 0.3 is 5.97 Å². The number of hydrogen-bond acceptors (Lipinski definition) is 5. The zero-order valence-electron chi connectivity index (χ0n) is 18.8. The molecular weight excluding hydrogens is 418 g/mol. The van der Waals surface area contributed by atoms with Crippen molar-refractivity contribution in [1.29, 1.82) is 0 Å². The Labute approximate surface area is 191 Å². The SMILES string of the molecule is Cc1ccc(C(=O)C(C)OC(=O)c2ccc3c(c2)C(=O)N(c2ccc(C)cc2C)C3=O)cc1. The number of Topliss-reactive ketones (excluding diaryl/α,β-unsaturated/α-hetero) is 1. The van der Waals surface area contributed by atoms with Gasteiger partial charge in [-0.3, -0.25) is 14.4 Å². The average Bonchev–Trinajstić information content (AvgIpc) is 3.03. The molecule has 33 heavy (non-hydrogen) atoms. The van der Waals surface area contributed by atoms with Gasteiger partial charge in [-0.25, -0.2) is 9.69 Å². The molecule has 6 heteroatoms. The van der Waals surface area contributed by atoms with Gasteiger partial charge in [-0.15, -0.1) is 0 Å². The Morgan fingerprint density at radius 1 is 0.758 bits per heavy atom. The number of amides is 2. The van der Waals surface area contributed by atoms with Crippen molar-refractivity contribution >= 4 is 29.3 Å². The Balaban J connectivity index is 1.55. The van der Waals surface area contributed by atoms with E-state index >= 15 is 0 Å². The number of benzene rings is 3. The second kappa shape index (κ2) is 8.47. The molecule has 0 aliphatic carbocycles. The molecule has 0 saturated carbocycles. The van der Waals surface area contributed by atoms with Gasteiger partial charge in [0.2, 0.25) is 5.78 Å². The van der Waals surface area contributed by atoms with Crippen LogP contribution in [0.2, 0.25) is 0 Å². The first-order valence-corrected chi connectivity index (χ1v) is 10.6. The molecule has 1 atom stereocenters. The monoisotopic (exact) mass is 441 g/mol. The van der Waals surface area contributed by atoms with Gasteiger partial charge in [0.05, 0.1) is 22.4 Å². The molecule has 0 fully saturated rings. The summed E-state index contributed by atoms with van der Waals surface area (Å²) >= 11 is 0. The zero-order chi connectivity index (χ0) is 23.9. The van der Waals surface area contributed by atoms with E-state index in [0.717, 1.165) is 21.6 Å². The topological polar surface area (TPSA) is 80.8 Å². The first kappa shape index (κ1) is 22.1. The van der Waals surface area contributed by atoms with Gasteiger partial charge in [0, 0.05) is 5.56 Å². The first-order chi connectivity index (χ1) is 15.7. The summed E-state index contributed by atoms with van der Waals surface area (Å²) in [5.41, 5.74) is 4.24. The number of esters is 1. The van der Waals surface area contributed by atoms with Crippen molar-refractivity contribution in [1.82, 2.24) is 0 Å². The van der Waals surface area contributed by atoms with E-state index in [1.54, 1.807) is 18.2 Å². The fraction of sp³-hybridized carbons (Fsp3) is 0.185. The highest BCUT2D eigenvalue weighted by Gasteiger charge is 2.38. The largest absolute Gasteiger partial charge is 0.451 e. The summed E-state index contributed by atoms with van der Waals surface area (Å²) in [4.78, 5) is 52.4. The van der Waals surface area contributed by atoms with Crippen molar-refractivity contribution < 1.29 is 23.9 Å². The molecule has 1 aliphatic heterocycles. The van der Waals surface area contributed by atoms with Crippen LogP contribution in [0.15, 0.2) is 60.7 Å². The predicted octanol–water partition coefficient (Wildman–Crippen LogP) is 4.84. The summed E-state index contributed by atoms with van der Waals surface area (Å²) in [6.45, 7) is 7.19. The number of ketones is 1. The van der Waals surface area contributed by atoms with Gasteiger partial charge in [-0.1, -0.05) is 47.5 Å². The number of aryl methyl sites for hydroxylation is 3. The Morgan fingerprint density at radius 2 is 1.36 bits per heavy atom. The maximum Gasteiger partial charge on any atom is 0.338 e. The summed E-state index contributed by atoms with van der Waals surface area (Å²) in [5, 5.41) is 0. The Kier molecular flexibility index (Phi) is 5.68. The van der Waals surface area contributed by atoms with Crippen LogP contribution >= 0.6 is 0 Å². The molecule has 1 heterocycles. The molecule has 4 rings (SSSR count). The van der Waals surface area contributed by atoms with Crippen molar-refractivity contribution in [3.63, 3.8) is 0 Å². The molecule has 0 bridgehead atoms. The van der Waals surface area contributed by atoms with E-state index in [2.05, 4.69) is 0 Å². The summed E-state index contributed by atoms with van der Waals surface area (Å²) < 4.78 is 5.35. The van der Waals surface area contributed by atoms with Crippen molar-refractivity contribution in [3.05, 3.63) is 99.6 Å². The van der Waals surface area contributed by atoms with Crippen LogP contribution in [0.3, 0.4) is 0 Å². The number of carbonyl (C=O) groups excluding carboxylic acids is 4. The lowest BCUT2D eigenvalue weighted by molar-refractivity contribution is 0.0318. The number of carbonyl (C=O) groups is 4. The summed E-state index contributed by atoms with van der Waals surface area (Å²) in [7, 11) is 0. The second-order valence-electron chi connectivity index (χ2n) is 8.27. The van der Waals surface area contributed by atoms with Crippen LogP contribution in [-0.4, -0.2) is 29.7 Å². The smallest absolute Gasteiger partial charge is 0.338 e. The lowest BCUT2D eigenvalue weighted by atomic mass is 10.0. The summed E-state index contributed by atoms with van der Waals surface area (Å²) in [6.07, 6.45) is -1.00. The number of imide groups is 1. The lowest BCUT2D eigenvalue weighted by Gasteiger charge is -2.16. The van der Waals surface area contributed by atoms with Crippen LogP contribution in [-0.2, 0) is 4.74 Å². The van der Waals surface area contributed by atoms with Crippen LogP contribution in [0.5, 0.6) is 0 Å². The van der Waals surface area contributed by atoms with E-state index in [4.69, 9.17) is 4.74 Å². The number of rotatable bonds is 5. The van der Waals surface area contributed by atoms with E-state index in [1.165, 1.54) is 25.1 Å². The number of fused-ring (bicyclic) bond motifs is 1. The van der Waals surface area contributed by atoms with Crippen molar-refractivity contribution in [3.8, 4) is 0 Å². The maximum absolute atomic E-state index is 13.1. The van der Waals surface area contributed by atoms with E-state index in [0.29, 0.717) is 11.3 Å². The van der Waals surface area contributed by atoms with Crippen LogP contribution in [0, 0.1) is 20.8 Å².